The van der Waals surface area contributed by atoms with E-state index >= 15 is 0 Å². The minimum atomic E-state index is -1.11. The highest BCUT2D eigenvalue weighted by atomic mass is 16.4. The molecule has 0 amide bonds. The molecule has 1 fully saturated rings. The molecule has 1 aromatic rings. The average molecular weight is 248 g/mol. The van der Waals surface area contributed by atoms with Crippen LogP contribution in [0.2, 0.25) is 0 Å². The molecule has 0 spiro atoms. The third-order valence-electron chi connectivity index (χ3n) is 3.56. The van der Waals surface area contributed by atoms with Crippen LogP contribution in [0.5, 0.6) is 0 Å². The van der Waals surface area contributed by atoms with Crippen molar-refractivity contribution < 1.29 is 14.8 Å². The lowest BCUT2D eigenvalue weighted by Gasteiger charge is -2.17. The molecule has 0 radical (unpaired) electrons. The first-order chi connectivity index (χ1) is 8.65. The summed E-state index contributed by atoms with van der Waals surface area (Å²) in [6.45, 7) is 5.62. The summed E-state index contributed by atoms with van der Waals surface area (Å²) < 4.78 is 0. The number of rotatable bonds is 3. The summed E-state index contributed by atoms with van der Waals surface area (Å²) in [4.78, 5) is 14.6. The number of carboxylic acids is 1. The molecular formula is C14H20N2O2. The second-order valence-corrected chi connectivity index (χ2v) is 5.07. The third kappa shape index (κ3) is 3.55. The van der Waals surface area contributed by atoms with E-state index in [-0.39, 0.29) is 5.56 Å². The molecule has 18 heavy (non-hydrogen) atoms. The number of carboxylic acid groups (broad SMARTS) is 1. The molecule has 1 atom stereocenters. The van der Waals surface area contributed by atoms with Crippen LogP contribution in [-0.2, 0) is 6.54 Å². The summed E-state index contributed by atoms with van der Waals surface area (Å²) in [5, 5.41) is 10.7. The van der Waals surface area contributed by atoms with Crippen LogP contribution >= 0.6 is 0 Å². The van der Waals surface area contributed by atoms with Gasteiger partial charge in [-0.15, -0.1) is 0 Å². The summed E-state index contributed by atoms with van der Waals surface area (Å²) in [7, 11) is 2.16. The first-order valence-corrected chi connectivity index (χ1v) is 6.47. The molecule has 98 valence electrons. The zero-order valence-corrected chi connectivity index (χ0v) is 10.8. The van der Waals surface area contributed by atoms with Gasteiger partial charge in [-0.05, 0) is 12.6 Å². The Labute approximate surface area is 108 Å². The van der Waals surface area contributed by atoms with E-state index in [0.717, 1.165) is 19.6 Å². The second kappa shape index (κ2) is 5.98. The van der Waals surface area contributed by atoms with Gasteiger partial charge >= 0.3 is 0 Å². The Morgan fingerprint density at radius 1 is 1.28 bits per heavy atom. The molecule has 2 rings (SSSR count). The Balaban J connectivity index is 1.94. The quantitative estimate of drug-likeness (QED) is 0.729. The lowest BCUT2D eigenvalue weighted by Crippen LogP contribution is -3.11. The van der Waals surface area contributed by atoms with E-state index in [2.05, 4.69) is 11.9 Å². The predicted octanol–water partition coefficient (Wildman–Crippen LogP) is -1.23. The van der Waals surface area contributed by atoms with Crippen LogP contribution in [-0.4, -0.2) is 44.1 Å². The number of aromatic carboxylic acids is 1. The molecule has 1 unspecified atom stereocenters. The number of carbonyl (C=O) groups is 1. The zero-order valence-electron chi connectivity index (χ0n) is 10.8. The monoisotopic (exact) mass is 248 g/mol. The molecule has 1 saturated heterocycles. The lowest BCUT2D eigenvalue weighted by molar-refractivity contribution is -0.911. The Kier molecular flexibility index (Phi) is 4.33. The van der Waals surface area contributed by atoms with Gasteiger partial charge in [-0.25, -0.2) is 0 Å². The average Bonchev–Trinajstić information content (AvgIpc) is 2.55. The van der Waals surface area contributed by atoms with Crippen LogP contribution in [0.4, 0.5) is 0 Å². The number of benzene rings is 1. The molecule has 0 saturated carbocycles. The summed E-state index contributed by atoms with van der Waals surface area (Å²) >= 11 is 0. The number of nitrogens with one attached hydrogen (secondary N) is 1. The van der Waals surface area contributed by atoms with Crippen molar-refractivity contribution in [1.29, 1.82) is 0 Å². The Hall–Kier alpha value is -1.39. The maximum absolute atomic E-state index is 10.7. The van der Waals surface area contributed by atoms with Crippen LogP contribution in [0.1, 0.15) is 22.3 Å². The van der Waals surface area contributed by atoms with E-state index < -0.39 is 5.97 Å². The maximum atomic E-state index is 10.7. The standard InChI is InChI=1S/C14H20N2O2/c1-15-7-2-8-16(10-9-15)11-12-3-5-13(6-4-12)14(17)18/h3-6H,2,7-11H2,1H3,(H,17,18). The number of nitrogens with zero attached hydrogens (tertiary/aromatic N) is 1. The van der Waals surface area contributed by atoms with Gasteiger partial charge in [-0.3, -0.25) is 0 Å². The van der Waals surface area contributed by atoms with Gasteiger partial charge in [0.15, 0.2) is 0 Å². The van der Waals surface area contributed by atoms with Crippen molar-refractivity contribution in [2.24, 2.45) is 0 Å². The molecule has 1 N–H and O–H groups in total. The molecule has 1 aliphatic rings. The van der Waals surface area contributed by atoms with E-state index in [1.807, 2.05) is 12.1 Å². The highest BCUT2D eigenvalue weighted by Crippen LogP contribution is 2.02. The fourth-order valence-corrected chi connectivity index (χ4v) is 2.41. The van der Waals surface area contributed by atoms with Crippen molar-refractivity contribution in [3.05, 3.63) is 35.4 Å². The van der Waals surface area contributed by atoms with Gasteiger partial charge in [0, 0.05) is 25.1 Å². The summed E-state index contributed by atoms with van der Waals surface area (Å²) in [5.74, 6) is -1.11. The number of quaternary nitrogens is 1. The Morgan fingerprint density at radius 2 is 2.00 bits per heavy atom. The third-order valence-corrected chi connectivity index (χ3v) is 3.56. The topological polar surface area (TPSA) is 47.8 Å². The second-order valence-electron chi connectivity index (χ2n) is 5.07. The summed E-state index contributed by atoms with van der Waals surface area (Å²) in [6, 6.07) is 7.06. The predicted molar refractivity (Wildman–Crippen MR) is 67.3 cm³/mol. The van der Waals surface area contributed by atoms with Crippen LogP contribution in [0.25, 0.3) is 0 Å². The van der Waals surface area contributed by atoms with Gasteiger partial charge < -0.3 is 19.7 Å². The highest BCUT2D eigenvalue weighted by molar-refractivity contribution is 5.85. The van der Waals surface area contributed by atoms with Crippen molar-refractivity contribution >= 4 is 5.97 Å². The highest BCUT2D eigenvalue weighted by Gasteiger charge is 2.15. The lowest BCUT2D eigenvalue weighted by atomic mass is 10.1. The molecule has 0 aliphatic carbocycles. The SMILES string of the molecule is CN1CCC[NH+](Cc2ccc(C(=O)[O-])cc2)CC1. The molecule has 1 heterocycles. The van der Waals surface area contributed by atoms with Crippen LogP contribution in [0.15, 0.2) is 24.3 Å². The van der Waals surface area contributed by atoms with Crippen LogP contribution in [0, 0.1) is 0 Å². The van der Waals surface area contributed by atoms with Crippen molar-refractivity contribution in [3.8, 4) is 0 Å². The van der Waals surface area contributed by atoms with Crippen molar-refractivity contribution in [2.45, 2.75) is 13.0 Å². The van der Waals surface area contributed by atoms with Gasteiger partial charge in [0.05, 0.1) is 19.1 Å². The van der Waals surface area contributed by atoms with E-state index in [1.54, 1.807) is 17.0 Å². The maximum Gasteiger partial charge on any atom is 0.103 e. The van der Waals surface area contributed by atoms with E-state index in [9.17, 15) is 9.90 Å². The van der Waals surface area contributed by atoms with Crippen LogP contribution < -0.4 is 10.0 Å². The van der Waals surface area contributed by atoms with Crippen molar-refractivity contribution in [3.63, 3.8) is 0 Å². The summed E-state index contributed by atoms with van der Waals surface area (Å²) in [5.41, 5.74) is 1.45. The van der Waals surface area contributed by atoms with E-state index in [4.69, 9.17) is 0 Å². The van der Waals surface area contributed by atoms with E-state index in [0.29, 0.717) is 0 Å². The van der Waals surface area contributed by atoms with Gasteiger partial charge in [-0.2, -0.15) is 0 Å². The zero-order chi connectivity index (χ0) is 13.0. The van der Waals surface area contributed by atoms with Crippen LogP contribution in [0.3, 0.4) is 0 Å². The Bertz CT molecular complexity index is 403. The molecule has 4 heteroatoms. The van der Waals surface area contributed by atoms with Crippen molar-refractivity contribution in [1.82, 2.24) is 4.90 Å². The minimum absolute atomic E-state index is 0.254. The van der Waals surface area contributed by atoms with E-state index in [1.165, 1.54) is 25.1 Å². The van der Waals surface area contributed by atoms with Gasteiger partial charge in [0.25, 0.3) is 0 Å². The fourth-order valence-electron chi connectivity index (χ4n) is 2.41. The molecule has 1 aliphatic heterocycles. The van der Waals surface area contributed by atoms with Gasteiger partial charge in [-0.1, -0.05) is 24.3 Å². The molecular weight excluding hydrogens is 228 g/mol. The minimum Gasteiger partial charge on any atom is -0.545 e. The first-order valence-electron chi connectivity index (χ1n) is 6.47. The van der Waals surface area contributed by atoms with Gasteiger partial charge in [0.2, 0.25) is 0 Å². The summed E-state index contributed by atoms with van der Waals surface area (Å²) in [6.07, 6.45) is 1.23. The molecule has 0 bridgehead atoms. The molecule has 1 aromatic carbocycles. The van der Waals surface area contributed by atoms with Gasteiger partial charge in [0.1, 0.15) is 6.54 Å². The number of hydrogen-bond donors (Lipinski definition) is 1. The number of likely N-dealkylation sites (N-methyl/N-ethyl adjacent to an activating group) is 1. The normalized spacial score (nSPS) is 21.5. The largest absolute Gasteiger partial charge is 0.545 e. The van der Waals surface area contributed by atoms with Crippen molar-refractivity contribution in [2.75, 3.05) is 33.2 Å². The smallest absolute Gasteiger partial charge is 0.103 e. The Morgan fingerprint density at radius 3 is 2.67 bits per heavy atom. The first kappa shape index (κ1) is 13.1. The molecule has 0 aromatic heterocycles. The fraction of sp³-hybridized carbons (Fsp3) is 0.500. The molecule has 4 nitrogen and oxygen atoms in total. The number of carbonyl (C=O) groups excluding carboxylic acids is 1. The number of hydrogen-bond acceptors (Lipinski definition) is 3.